The van der Waals surface area contributed by atoms with E-state index in [0.29, 0.717) is 15.6 Å². The van der Waals surface area contributed by atoms with E-state index in [-0.39, 0.29) is 12.3 Å². The molecule has 2 rings (SSSR count). The van der Waals surface area contributed by atoms with Gasteiger partial charge in [-0.15, -0.1) is 0 Å². The summed E-state index contributed by atoms with van der Waals surface area (Å²) in [6, 6.07) is 12.9. The van der Waals surface area contributed by atoms with Crippen LogP contribution in [0.25, 0.3) is 0 Å². The molecule has 20 heavy (non-hydrogen) atoms. The number of carbonyl (C=O) groups excluding carboxylic acids is 1. The highest BCUT2D eigenvalue weighted by molar-refractivity contribution is 6.36. The largest absolute Gasteiger partial charge is 0.367 e. The van der Waals surface area contributed by atoms with Gasteiger partial charge in [-0.1, -0.05) is 41.4 Å². The summed E-state index contributed by atoms with van der Waals surface area (Å²) < 4.78 is 0. The minimum atomic E-state index is -0.0525. The third-order valence-corrected chi connectivity index (χ3v) is 3.70. The third kappa shape index (κ3) is 3.33. The van der Waals surface area contributed by atoms with Gasteiger partial charge in [0.15, 0.2) is 5.78 Å². The lowest BCUT2D eigenvalue weighted by molar-refractivity contribution is 0.100. The number of ketones is 1. The fourth-order valence-corrected chi connectivity index (χ4v) is 2.48. The van der Waals surface area contributed by atoms with Crippen molar-refractivity contribution in [3.05, 3.63) is 63.6 Å². The van der Waals surface area contributed by atoms with E-state index in [1.54, 1.807) is 18.2 Å². The molecular formula is C16H15Cl2NO. The zero-order chi connectivity index (χ0) is 14.7. The molecule has 2 aromatic rings. The third-order valence-electron chi connectivity index (χ3n) is 3.14. The molecule has 0 bridgehead atoms. The Hall–Kier alpha value is -1.51. The highest BCUT2D eigenvalue weighted by Crippen LogP contribution is 2.23. The standard InChI is InChI=1S/C16H15Cl2NO/c1-11-5-3-4-6-15(11)19(2)10-16(20)13-9-12(17)7-8-14(13)18/h3-9H,10H2,1-2H3. The van der Waals surface area contributed by atoms with Crippen molar-refractivity contribution in [3.63, 3.8) is 0 Å². The molecule has 0 aliphatic rings. The van der Waals surface area contributed by atoms with E-state index < -0.39 is 0 Å². The van der Waals surface area contributed by atoms with Crippen LogP contribution in [0.3, 0.4) is 0 Å². The lowest BCUT2D eigenvalue weighted by Crippen LogP contribution is -2.26. The molecule has 2 nitrogen and oxygen atoms in total. The number of Topliss-reactive ketones (excluding diaryl/α,β-unsaturated/α-hetero) is 1. The van der Waals surface area contributed by atoms with Crippen molar-refractivity contribution in [2.75, 3.05) is 18.5 Å². The molecule has 0 spiro atoms. The van der Waals surface area contributed by atoms with E-state index in [1.807, 2.05) is 43.1 Å². The summed E-state index contributed by atoms with van der Waals surface area (Å²) in [5.74, 6) is -0.0525. The number of para-hydroxylation sites is 1. The Balaban J connectivity index is 2.20. The molecule has 4 heteroatoms. The number of halogens is 2. The van der Waals surface area contributed by atoms with Crippen LogP contribution in [0.4, 0.5) is 5.69 Å². The number of benzene rings is 2. The summed E-state index contributed by atoms with van der Waals surface area (Å²) >= 11 is 12.0. The Kier molecular flexibility index (Phi) is 4.69. The van der Waals surface area contributed by atoms with Crippen molar-refractivity contribution in [2.45, 2.75) is 6.92 Å². The first-order valence-electron chi connectivity index (χ1n) is 6.24. The van der Waals surface area contributed by atoms with Crippen molar-refractivity contribution < 1.29 is 4.79 Å². The van der Waals surface area contributed by atoms with Crippen molar-refractivity contribution in [1.82, 2.24) is 0 Å². The Morgan fingerprint density at radius 1 is 1.15 bits per heavy atom. The molecule has 0 heterocycles. The maximum atomic E-state index is 12.3. The van der Waals surface area contributed by atoms with Crippen LogP contribution in [0.15, 0.2) is 42.5 Å². The molecule has 104 valence electrons. The summed E-state index contributed by atoms with van der Waals surface area (Å²) in [7, 11) is 1.89. The van der Waals surface area contributed by atoms with Gasteiger partial charge < -0.3 is 4.90 Å². The van der Waals surface area contributed by atoms with Crippen LogP contribution in [0.5, 0.6) is 0 Å². The Morgan fingerprint density at radius 3 is 2.55 bits per heavy atom. The summed E-state index contributed by atoms with van der Waals surface area (Å²) in [5.41, 5.74) is 2.61. The maximum absolute atomic E-state index is 12.3. The van der Waals surface area contributed by atoms with Crippen LogP contribution < -0.4 is 4.90 Å². The number of rotatable bonds is 4. The van der Waals surface area contributed by atoms with Gasteiger partial charge in [0.05, 0.1) is 11.6 Å². The van der Waals surface area contributed by atoms with E-state index in [4.69, 9.17) is 23.2 Å². The van der Waals surface area contributed by atoms with Gasteiger partial charge in [0.25, 0.3) is 0 Å². The Labute approximate surface area is 128 Å². The fourth-order valence-electron chi connectivity index (χ4n) is 2.09. The van der Waals surface area contributed by atoms with Gasteiger partial charge in [-0.2, -0.15) is 0 Å². The number of hydrogen-bond acceptors (Lipinski definition) is 2. The minimum Gasteiger partial charge on any atom is -0.367 e. The van der Waals surface area contributed by atoms with Crippen LogP contribution in [0, 0.1) is 6.92 Å². The molecule has 0 radical (unpaired) electrons. The van der Waals surface area contributed by atoms with Gasteiger partial charge >= 0.3 is 0 Å². The molecule has 0 amide bonds. The maximum Gasteiger partial charge on any atom is 0.183 e. The zero-order valence-corrected chi connectivity index (χ0v) is 12.9. The van der Waals surface area contributed by atoms with Crippen LogP contribution in [-0.4, -0.2) is 19.4 Å². The van der Waals surface area contributed by atoms with Gasteiger partial charge in [-0.3, -0.25) is 4.79 Å². The minimum absolute atomic E-state index is 0.0525. The van der Waals surface area contributed by atoms with Crippen molar-refractivity contribution in [2.24, 2.45) is 0 Å². The first-order valence-corrected chi connectivity index (χ1v) is 6.99. The second kappa shape index (κ2) is 6.29. The Morgan fingerprint density at radius 2 is 1.85 bits per heavy atom. The summed E-state index contributed by atoms with van der Waals surface area (Å²) in [6.45, 7) is 2.27. The van der Waals surface area contributed by atoms with E-state index >= 15 is 0 Å². The number of nitrogens with zero attached hydrogens (tertiary/aromatic N) is 1. The number of carbonyl (C=O) groups is 1. The molecule has 0 aliphatic carbocycles. The molecule has 2 aromatic carbocycles. The fraction of sp³-hybridized carbons (Fsp3) is 0.188. The molecule has 0 fully saturated rings. The number of likely N-dealkylation sites (N-methyl/N-ethyl adjacent to an activating group) is 1. The predicted octanol–water partition coefficient (Wildman–Crippen LogP) is 4.62. The average molecular weight is 308 g/mol. The number of aryl methyl sites for hydroxylation is 1. The van der Waals surface area contributed by atoms with Crippen LogP contribution in [0.1, 0.15) is 15.9 Å². The predicted molar refractivity (Wildman–Crippen MR) is 85.2 cm³/mol. The van der Waals surface area contributed by atoms with Crippen molar-refractivity contribution in [3.8, 4) is 0 Å². The molecule has 0 aliphatic heterocycles. The van der Waals surface area contributed by atoms with Gasteiger partial charge in [-0.25, -0.2) is 0 Å². The average Bonchev–Trinajstić information content (AvgIpc) is 2.41. The van der Waals surface area contributed by atoms with Gasteiger partial charge in [0, 0.05) is 23.3 Å². The number of hydrogen-bond donors (Lipinski definition) is 0. The zero-order valence-electron chi connectivity index (χ0n) is 11.4. The molecule has 0 aromatic heterocycles. The van der Waals surface area contributed by atoms with Crippen LogP contribution in [0.2, 0.25) is 10.0 Å². The molecule has 0 N–H and O–H groups in total. The molecular weight excluding hydrogens is 293 g/mol. The molecule has 0 unspecified atom stereocenters. The quantitative estimate of drug-likeness (QED) is 0.768. The monoisotopic (exact) mass is 307 g/mol. The lowest BCUT2D eigenvalue weighted by Gasteiger charge is -2.20. The molecule has 0 atom stereocenters. The first kappa shape index (κ1) is 14.9. The van der Waals surface area contributed by atoms with E-state index in [9.17, 15) is 4.79 Å². The van der Waals surface area contributed by atoms with E-state index in [0.717, 1.165) is 11.3 Å². The van der Waals surface area contributed by atoms with E-state index in [2.05, 4.69) is 0 Å². The van der Waals surface area contributed by atoms with E-state index in [1.165, 1.54) is 0 Å². The van der Waals surface area contributed by atoms with Crippen LogP contribution >= 0.6 is 23.2 Å². The normalized spacial score (nSPS) is 10.4. The SMILES string of the molecule is Cc1ccccc1N(C)CC(=O)c1cc(Cl)ccc1Cl. The molecule has 0 saturated carbocycles. The van der Waals surface area contributed by atoms with Crippen molar-refractivity contribution in [1.29, 1.82) is 0 Å². The summed E-state index contributed by atoms with van der Waals surface area (Å²) in [6.07, 6.45) is 0. The van der Waals surface area contributed by atoms with Gasteiger partial charge in [0.1, 0.15) is 0 Å². The first-order chi connectivity index (χ1) is 9.49. The summed E-state index contributed by atoms with van der Waals surface area (Å²) in [4.78, 5) is 14.2. The second-order valence-corrected chi connectivity index (χ2v) is 5.53. The van der Waals surface area contributed by atoms with Crippen LogP contribution in [-0.2, 0) is 0 Å². The topological polar surface area (TPSA) is 20.3 Å². The highest BCUT2D eigenvalue weighted by atomic mass is 35.5. The molecule has 0 saturated heterocycles. The van der Waals surface area contributed by atoms with Gasteiger partial charge in [-0.05, 0) is 36.8 Å². The number of anilines is 1. The summed E-state index contributed by atoms with van der Waals surface area (Å²) in [5, 5.41) is 0.939. The lowest BCUT2D eigenvalue weighted by atomic mass is 10.1. The van der Waals surface area contributed by atoms with Gasteiger partial charge in [0.2, 0.25) is 0 Å². The van der Waals surface area contributed by atoms with Crippen molar-refractivity contribution >= 4 is 34.7 Å². The smallest absolute Gasteiger partial charge is 0.183 e. The highest BCUT2D eigenvalue weighted by Gasteiger charge is 2.14. The second-order valence-electron chi connectivity index (χ2n) is 4.69. The Bertz CT molecular complexity index is 640.